The van der Waals surface area contributed by atoms with Gasteiger partial charge in [-0.25, -0.2) is 24.9 Å². The number of anilines is 3. The average Bonchev–Trinajstić information content (AvgIpc) is 3.55. The molecular formula is C33H36BrFN10O5S2. The predicted octanol–water partition coefficient (Wildman–Crippen LogP) is 5.54. The Hall–Kier alpha value is -5.40. The largest absolute Gasteiger partial charge is 0.466 e. The number of aromatic nitrogens is 7. The molecule has 0 aromatic carbocycles. The lowest BCUT2D eigenvalue weighted by Gasteiger charge is -2.07. The third-order valence-corrected chi connectivity index (χ3v) is 7.47. The van der Waals surface area contributed by atoms with Crippen molar-refractivity contribution in [1.29, 1.82) is 0 Å². The van der Waals surface area contributed by atoms with Crippen LogP contribution in [0.4, 0.5) is 21.4 Å². The van der Waals surface area contributed by atoms with Crippen molar-refractivity contribution in [3.05, 3.63) is 96.3 Å². The van der Waals surface area contributed by atoms with Crippen LogP contribution in [0.2, 0.25) is 0 Å². The number of carbonyl (C=O) groups is 3. The summed E-state index contributed by atoms with van der Waals surface area (Å²) >= 11 is 9.08. The van der Waals surface area contributed by atoms with Crippen LogP contribution >= 0.6 is 39.5 Å². The van der Waals surface area contributed by atoms with Gasteiger partial charge in [-0.2, -0.15) is 0 Å². The van der Waals surface area contributed by atoms with Crippen LogP contribution in [0, 0.1) is 0 Å². The molecule has 15 nitrogen and oxygen atoms in total. The maximum absolute atomic E-state index is 11.9. The van der Waals surface area contributed by atoms with Gasteiger partial charge in [0, 0.05) is 42.1 Å². The smallest absolute Gasteiger partial charge is 0.311 e. The first-order valence-electron chi connectivity index (χ1n) is 15.9. The lowest BCUT2D eigenvalue weighted by atomic mass is 10.1. The van der Waals surface area contributed by atoms with E-state index in [4.69, 9.17) is 16.6 Å². The first kappa shape index (κ1) is 41.0. The van der Waals surface area contributed by atoms with Gasteiger partial charge in [-0.3, -0.25) is 28.7 Å². The quantitative estimate of drug-likeness (QED) is 0.0611. The summed E-state index contributed by atoms with van der Waals surface area (Å²) in [6.07, 6.45) is 9.89. The molecule has 0 aliphatic heterocycles. The third kappa shape index (κ3) is 16.1. The predicted molar refractivity (Wildman–Crippen MR) is 203 cm³/mol. The summed E-state index contributed by atoms with van der Waals surface area (Å²) in [7, 11) is -1.00. The van der Waals surface area contributed by atoms with E-state index in [2.05, 4.69) is 73.7 Å². The SMILES string of the molecule is CCOC(=O)CC(Br)C(=O)c1ccccn1.CCOC(=O)Cc1sc(Nc2ncccn2)nc1-c1ccccn1.NC(=S)Nc1ncccn1.[2H]CF. The number of nitrogens with zero attached hydrogens (tertiary/aromatic N) is 7. The summed E-state index contributed by atoms with van der Waals surface area (Å²) in [4.78, 5) is 63.7. The van der Waals surface area contributed by atoms with Crippen LogP contribution in [-0.2, 0) is 25.5 Å². The number of Topliss-reactive ketones (excluding diaryl/α,β-unsaturated/α-hetero) is 1. The van der Waals surface area contributed by atoms with E-state index in [0.717, 1.165) is 4.88 Å². The van der Waals surface area contributed by atoms with Crippen molar-refractivity contribution in [2.45, 2.75) is 31.5 Å². The number of pyridine rings is 2. The zero-order valence-corrected chi connectivity index (χ0v) is 31.2. The molecule has 1 atom stereocenters. The summed E-state index contributed by atoms with van der Waals surface area (Å²) < 4.78 is 25.3. The maximum Gasteiger partial charge on any atom is 0.311 e. The van der Waals surface area contributed by atoms with E-state index in [1.165, 1.54) is 17.5 Å². The van der Waals surface area contributed by atoms with E-state index in [0.29, 0.717) is 47.3 Å². The Morgan fingerprint density at radius 1 is 0.885 bits per heavy atom. The maximum atomic E-state index is 11.9. The highest BCUT2D eigenvalue weighted by molar-refractivity contribution is 9.10. The molecule has 0 aliphatic carbocycles. The van der Waals surface area contributed by atoms with Gasteiger partial charge >= 0.3 is 11.9 Å². The van der Waals surface area contributed by atoms with Gasteiger partial charge in [-0.05, 0) is 62.5 Å². The number of esters is 2. The fraction of sp³-hybridized carbons (Fsp3) is 0.242. The molecule has 0 bridgehead atoms. The first-order chi connectivity index (χ1) is 25.6. The van der Waals surface area contributed by atoms with Crippen LogP contribution in [0.25, 0.3) is 11.4 Å². The van der Waals surface area contributed by atoms with Crippen molar-refractivity contribution in [3.8, 4) is 11.4 Å². The molecule has 0 aliphatic rings. The summed E-state index contributed by atoms with van der Waals surface area (Å²) in [5.41, 5.74) is 6.87. The van der Waals surface area contributed by atoms with Crippen LogP contribution in [0.3, 0.4) is 0 Å². The van der Waals surface area contributed by atoms with Crippen LogP contribution in [0.15, 0.2) is 85.7 Å². The molecule has 1 unspecified atom stereocenters. The first-order valence-corrected chi connectivity index (χ1v) is 17.3. The molecule has 0 saturated carbocycles. The van der Waals surface area contributed by atoms with Crippen molar-refractivity contribution in [2.24, 2.45) is 5.73 Å². The number of nitrogens with two attached hydrogens (primary N) is 1. The van der Waals surface area contributed by atoms with Gasteiger partial charge < -0.3 is 25.8 Å². The second kappa shape index (κ2) is 24.7. The minimum atomic E-state index is -1.00. The molecule has 0 radical (unpaired) electrons. The molecule has 19 heteroatoms. The second-order valence-electron chi connectivity index (χ2n) is 9.30. The fourth-order valence-electron chi connectivity index (χ4n) is 3.63. The molecule has 4 N–H and O–H groups in total. The number of hydrogen-bond acceptors (Lipinski definition) is 15. The van der Waals surface area contributed by atoms with Gasteiger partial charge in [-0.15, -0.1) is 11.3 Å². The Labute approximate surface area is 318 Å². The lowest BCUT2D eigenvalue weighted by molar-refractivity contribution is -0.143. The zero-order valence-electron chi connectivity index (χ0n) is 29.0. The summed E-state index contributed by atoms with van der Waals surface area (Å²) in [6.45, 7) is 4.17. The number of alkyl halides is 2. The monoisotopic (exact) mass is 815 g/mol. The minimum absolute atomic E-state index is 0.0171. The molecule has 5 aromatic rings. The highest BCUT2D eigenvalue weighted by Gasteiger charge is 2.22. The van der Waals surface area contributed by atoms with E-state index in [-0.39, 0.29) is 29.7 Å². The molecule has 0 fully saturated rings. The molecule has 0 spiro atoms. The fourth-order valence-corrected chi connectivity index (χ4v) is 5.17. The number of nitrogens with one attached hydrogen (secondary N) is 2. The summed E-state index contributed by atoms with van der Waals surface area (Å²) in [5.74, 6) is -0.0281. The molecular weight excluding hydrogens is 779 g/mol. The number of halogens is 2. The molecule has 274 valence electrons. The third-order valence-electron chi connectivity index (χ3n) is 5.65. The highest BCUT2D eigenvalue weighted by atomic mass is 79.9. The van der Waals surface area contributed by atoms with Crippen molar-refractivity contribution in [2.75, 3.05) is 31.0 Å². The van der Waals surface area contributed by atoms with Gasteiger partial charge in [0.2, 0.25) is 11.9 Å². The molecule has 5 aromatic heterocycles. The van der Waals surface area contributed by atoms with Crippen molar-refractivity contribution in [1.82, 2.24) is 34.9 Å². The number of carbonyl (C=O) groups excluding carboxylic acids is 3. The average molecular weight is 817 g/mol. The van der Waals surface area contributed by atoms with E-state index >= 15 is 0 Å². The molecule has 5 rings (SSSR count). The standard InChI is InChI=1S/C16H15N5O2S.C11H12BrNO3.C5H6N4S.CH3F/c1-2-23-13(22)10-12-14(11-6-3-4-7-17-11)20-16(24-12)21-15-18-8-5-9-19-15;1-2-16-10(14)7-8(12)11(15)9-5-3-4-6-13-9;6-4(10)9-5-7-2-1-3-8-5;1-2/h3-9H,2,10H2,1H3,(H,18,19,20,21);3-6,8H,2,7H2,1H3;1-3H,(H3,6,7,8,9,10);1H3/i;;;1D. The van der Waals surface area contributed by atoms with Crippen LogP contribution < -0.4 is 16.4 Å². The Morgan fingerprint density at radius 3 is 1.98 bits per heavy atom. The van der Waals surface area contributed by atoms with Gasteiger partial charge in [0.1, 0.15) is 11.4 Å². The van der Waals surface area contributed by atoms with E-state index in [9.17, 15) is 18.8 Å². The normalized spacial score (nSPS) is 10.5. The Balaban J connectivity index is 0.000000288. The second-order valence-corrected chi connectivity index (χ2v) is 11.9. The molecule has 52 heavy (non-hydrogen) atoms. The van der Waals surface area contributed by atoms with E-state index in [1.807, 2.05) is 18.2 Å². The summed E-state index contributed by atoms with van der Waals surface area (Å²) in [5, 5.41) is 6.41. The number of ether oxygens (including phenoxy) is 2. The molecule has 0 amide bonds. The van der Waals surface area contributed by atoms with Gasteiger partial charge in [0.05, 0.1) is 45.1 Å². The van der Waals surface area contributed by atoms with Crippen LogP contribution in [0.1, 0.15) is 37.0 Å². The van der Waals surface area contributed by atoms with Crippen LogP contribution in [-0.4, -0.2) is 82.9 Å². The highest BCUT2D eigenvalue weighted by Crippen LogP contribution is 2.31. The van der Waals surface area contributed by atoms with Crippen molar-refractivity contribution < 1.29 is 29.6 Å². The number of hydrogen-bond donors (Lipinski definition) is 3. The van der Waals surface area contributed by atoms with E-state index in [1.54, 1.807) is 75.2 Å². The topological polar surface area (TPSA) is 210 Å². The van der Waals surface area contributed by atoms with Gasteiger partial charge in [0.25, 0.3) is 0 Å². The van der Waals surface area contributed by atoms with Gasteiger partial charge in [0.15, 0.2) is 16.0 Å². The van der Waals surface area contributed by atoms with Crippen molar-refractivity contribution in [3.63, 3.8) is 0 Å². The summed E-state index contributed by atoms with van der Waals surface area (Å²) in [6, 6.07) is 14.1. The van der Waals surface area contributed by atoms with Crippen LogP contribution in [0.5, 0.6) is 0 Å². The number of thiocarbonyl (C=S) groups is 1. The zero-order chi connectivity index (χ0) is 38.8. The molecule has 5 heterocycles. The lowest BCUT2D eigenvalue weighted by Crippen LogP contribution is -2.20. The number of rotatable bonds is 12. The van der Waals surface area contributed by atoms with Crippen molar-refractivity contribution >= 4 is 79.3 Å². The van der Waals surface area contributed by atoms with E-state index < -0.39 is 18.0 Å². The minimum Gasteiger partial charge on any atom is -0.466 e. The number of thiazole rings is 1. The molecule has 0 saturated heterocycles. The Morgan fingerprint density at radius 2 is 1.44 bits per heavy atom. The number of ketones is 1. The Bertz CT molecular complexity index is 1820. The Kier molecular flexibility index (Phi) is 19.5. The van der Waals surface area contributed by atoms with Gasteiger partial charge in [-0.1, -0.05) is 28.1 Å².